The second-order valence-corrected chi connectivity index (χ2v) is 4.54. The van der Waals surface area contributed by atoms with E-state index in [9.17, 15) is 8.78 Å². The van der Waals surface area contributed by atoms with Gasteiger partial charge in [0.25, 0.3) is 0 Å². The van der Waals surface area contributed by atoms with Crippen molar-refractivity contribution in [2.24, 2.45) is 0 Å². The molecule has 3 unspecified atom stereocenters. The van der Waals surface area contributed by atoms with Gasteiger partial charge in [-0.3, -0.25) is 0 Å². The third-order valence-electron chi connectivity index (χ3n) is 0.680. The Balaban J connectivity index is 3.46. The third kappa shape index (κ3) is 2.84. The molecule has 0 aliphatic heterocycles. The molecule has 0 aliphatic rings. The molecule has 8 heavy (non-hydrogen) atoms. The molecule has 50 valence electrons. The Bertz CT molecular complexity index is 60.3. The van der Waals surface area contributed by atoms with Crippen LogP contribution in [0.2, 0.25) is 0 Å². The van der Waals surface area contributed by atoms with Crippen molar-refractivity contribution in [3.63, 3.8) is 0 Å². The van der Waals surface area contributed by atoms with Gasteiger partial charge in [0.15, 0.2) is 6.17 Å². The van der Waals surface area contributed by atoms with Crippen LogP contribution in [0.15, 0.2) is 0 Å². The van der Waals surface area contributed by atoms with E-state index in [1.54, 1.807) is 0 Å². The average molecular weight is 179 g/mol. The van der Waals surface area contributed by atoms with Crippen LogP contribution in [0.3, 0.4) is 0 Å². The Morgan fingerprint density at radius 1 is 1.25 bits per heavy atom. The summed E-state index contributed by atoms with van der Waals surface area (Å²) >= 11 is 9.90. The van der Waals surface area contributed by atoms with Crippen LogP contribution in [0, 0.1) is 0 Å². The molecule has 0 heterocycles. The van der Waals surface area contributed by atoms with Gasteiger partial charge in [-0.05, 0) is 0 Å². The lowest BCUT2D eigenvalue weighted by Gasteiger charge is -2.07. The van der Waals surface area contributed by atoms with Crippen molar-refractivity contribution in [3.05, 3.63) is 0 Å². The summed E-state index contributed by atoms with van der Waals surface area (Å²) in [6.45, 7) is 0. The van der Waals surface area contributed by atoms with Crippen LogP contribution in [0.5, 0.6) is 0 Å². The van der Waals surface area contributed by atoms with Crippen molar-refractivity contribution in [1.82, 2.24) is 0 Å². The molecule has 0 fully saturated rings. The monoisotopic (exact) mass is 178 g/mol. The van der Waals surface area contributed by atoms with Gasteiger partial charge in [0.2, 0.25) is 5.63 Å². The maximum Gasteiger partial charge on any atom is 0.205 e. The Kier molecular flexibility index (Phi) is 3.94. The smallest absolute Gasteiger partial charge is 0.205 e. The highest BCUT2D eigenvalue weighted by Gasteiger charge is 2.22. The van der Waals surface area contributed by atoms with E-state index in [-0.39, 0.29) is 0 Å². The molecule has 0 N–H and O–H groups in total. The fourth-order valence-corrected chi connectivity index (χ4v) is 1.20. The zero-order valence-electron chi connectivity index (χ0n) is 4.24. The molecular weight excluding hydrogens is 173 g/mol. The molecule has 5 heteroatoms. The second-order valence-electron chi connectivity index (χ2n) is 1.46. The summed E-state index contributed by atoms with van der Waals surface area (Å²) in [5, 5.41) is -0.720. The van der Waals surface area contributed by atoms with E-state index >= 15 is 0 Å². The third-order valence-corrected chi connectivity index (χ3v) is 1.80. The lowest BCUT2D eigenvalue weighted by atomic mass is 10.5. The van der Waals surface area contributed by atoms with Crippen LogP contribution in [-0.2, 0) is 0 Å². The summed E-state index contributed by atoms with van der Waals surface area (Å²) < 4.78 is 23.7. The lowest BCUT2D eigenvalue weighted by molar-refractivity contribution is 0.243. The minimum atomic E-state index is -1.95. The van der Waals surface area contributed by atoms with Gasteiger partial charge in [0.05, 0.1) is 5.00 Å². The largest absolute Gasteiger partial charge is 0.242 e. The number of hydrogen-bond donors (Lipinski definition) is 0. The van der Waals surface area contributed by atoms with Crippen LogP contribution in [-0.4, -0.2) is 27.0 Å². The van der Waals surface area contributed by atoms with Crippen molar-refractivity contribution in [1.29, 1.82) is 0 Å². The molecule has 0 bridgehead atoms. The normalized spacial score (nSPS) is 22.5. The minimum Gasteiger partial charge on any atom is -0.242 e. The zero-order valence-corrected chi connectivity index (χ0v) is 7.76. The molecule has 0 aromatic carbocycles. The van der Waals surface area contributed by atoms with Crippen molar-refractivity contribution in [3.8, 4) is 0 Å². The first-order valence-electron chi connectivity index (χ1n) is 2.12. The van der Waals surface area contributed by atoms with E-state index in [0.29, 0.717) is 10.2 Å². The summed E-state index contributed by atoms with van der Waals surface area (Å²) in [6, 6.07) is 0. The van der Waals surface area contributed by atoms with Crippen LogP contribution in [0.4, 0.5) is 8.78 Å². The van der Waals surface area contributed by atoms with Crippen LogP contribution < -0.4 is 0 Å². The maximum absolute atomic E-state index is 12.0. The molecule has 0 spiro atoms. The van der Waals surface area contributed by atoms with Crippen molar-refractivity contribution in [2.45, 2.75) is 16.8 Å². The van der Waals surface area contributed by atoms with Gasteiger partial charge in [-0.1, -0.05) is 11.6 Å². The maximum atomic E-state index is 12.0. The number of alkyl halides is 4. The van der Waals surface area contributed by atoms with E-state index in [1.807, 2.05) is 0 Å². The fourth-order valence-electron chi connectivity index (χ4n) is 0.200. The number of halogens is 4. The minimum absolute atomic E-state index is 0.417. The van der Waals surface area contributed by atoms with E-state index in [0.717, 1.165) is 0 Å². The summed E-state index contributed by atoms with van der Waals surface area (Å²) in [6.07, 6.45) is -1.70. The lowest BCUT2D eigenvalue weighted by Crippen LogP contribution is -2.23. The first-order chi connectivity index (χ1) is 3.55. The SMILES string of the molecule is FC(Cl)C(F)C([SiH3])Cl. The summed E-state index contributed by atoms with van der Waals surface area (Å²) in [7, 11) is 0.417. The quantitative estimate of drug-likeness (QED) is 0.434. The fraction of sp³-hybridized carbons (Fsp3) is 1.00. The van der Waals surface area contributed by atoms with E-state index in [2.05, 4.69) is 0 Å². The molecule has 0 saturated carbocycles. The topological polar surface area (TPSA) is 0 Å². The number of rotatable bonds is 2. The first kappa shape index (κ1) is 8.66. The molecule has 0 saturated heterocycles. The van der Waals surface area contributed by atoms with Gasteiger partial charge in [-0.25, -0.2) is 8.78 Å². The Labute approximate surface area is 59.6 Å². The van der Waals surface area contributed by atoms with Crippen molar-refractivity contribution >= 4 is 33.4 Å². The molecule has 0 aromatic heterocycles. The van der Waals surface area contributed by atoms with E-state index < -0.39 is 16.8 Å². The Hall–Kier alpha value is 0.657. The molecular formula is C3H6Cl2F2Si. The van der Waals surface area contributed by atoms with E-state index in [4.69, 9.17) is 23.2 Å². The van der Waals surface area contributed by atoms with Crippen molar-refractivity contribution < 1.29 is 8.78 Å². The van der Waals surface area contributed by atoms with Gasteiger partial charge < -0.3 is 0 Å². The summed E-state index contributed by atoms with van der Waals surface area (Å²) in [4.78, 5) is 0. The highest BCUT2D eigenvalue weighted by Crippen LogP contribution is 2.13. The van der Waals surface area contributed by atoms with Crippen LogP contribution in [0.1, 0.15) is 0 Å². The van der Waals surface area contributed by atoms with Gasteiger partial charge in [-0.15, -0.1) is 11.6 Å². The molecule has 0 rings (SSSR count). The van der Waals surface area contributed by atoms with Gasteiger partial charge in [-0.2, -0.15) is 0 Å². The van der Waals surface area contributed by atoms with Gasteiger partial charge >= 0.3 is 0 Å². The number of hydrogen-bond acceptors (Lipinski definition) is 0. The molecule has 0 aromatic rings. The standard InChI is InChI=1S/C3H6Cl2F2Si/c4-2(7)1(6)3(5)8/h1-3H,8H3. The molecule has 0 aliphatic carbocycles. The first-order valence-corrected chi connectivity index (χ1v) is 4.14. The molecule has 0 nitrogen and oxygen atoms in total. The van der Waals surface area contributed by atoms with Gasteiger partial charge in [0, 0.05) is 10.2 Å². The predicted octanol–water partition coefficient (Wildman–Crippen LogP) is 0.789. The Morgan fingerprint density at radius 2 is 1.62 bits per heavy atom. The zero-order chi connectivity index (χ0) is 6.73. The van der Waals surface area contributed by atoms with E-state index in [1.165, 1.54) is 0 Å². The average Bonchev–Trinajstić information content (AvgIpc) is 1.64. The van der Waals surface area contributed by atoms with Crippen LogP contribution in [0.25, 0.3) is 0 Å². The molecule has 3 atom stereocenters. The van der Waals surface area contributed by atoms with Crippen molar-refractivity contribution in [2.75, 3.05) is 0 Å². The molecule has 0 radical (unpaired) electrons. The highest BCUT2D eigenvalue weighted by molar-refractivity contribution is 6.41. The van der Waals surface area contributed by atoms with Gasteiger partial charge in [0.1, 0.15) is 0 Å². The summed E-state index contributed by atoms with van der Waals surface area (Å²) in [5.41, 5.74) is -1.95. The second kappa shape index (κ2) is 3.64. The predicted molar refractivity (Wildman–Crippen MR) is 35.2 cm³/mol. The summed E-state index contributed by atoms with van der Waals surface area (Å²) in [5.74, 6) is 0. The Morgan fingerprint density at radius 3 is 1.62 bits per heavy atom. The van der Waals surface area contributed by atoms with Crippen LogP contribution >= 0.6 is 23.2 Å². The molecule has 0 amide bonds. The highest BCUT2D eigenvalue weighted by atomic mass is 35.5.